The number of amides is 1. The van der Waals surface area contributed by atoms with Crippen LogP contribution in [0.5, 0.6) is 0 Å². The van der Waals surface area contributed by atoms with Crippen LogP contribution in [0, 0.1) is 0 Å². The van der Waals surface area contributed by atoms with Crippen LogP contribution >= 0.6 is 11.8 Å². The van der Waals surface area contributed by atoms with Crippen LogP contribution in [0.3, 0.4) is 0 Å². The third-order valence-corrected chi connectivity index (χ3v) is 2.89. The molecule has 0 aliphatic rings. The van der Waals surface area contributed by atoms with Crippen LogP contribution in [-0.4, -0.2) is 24.5 Å². The number of nitrogen functional groups attached to an aromatic ring is 1. The van der Waals surface area contributed by atoms with Gasteiger partial charge in [0.15, 0.2) is 0 Å². The Morgan fingerprint density at radius 1 is 1.41 bits per heavy atom. The van der Waals surface area contributed by atoms with E-state index >= 15 is 0 Å². The van der Waals surface area contributed by atoms with Gasteiger partial charge in [0, 0.05) is 18.3 Å². The predicted octanol–water partition coefficient (Wildman–Crippen LogP) is 2.15. The molecule has 0 bridgehead atoms. The molecule has 0 fully saturated rings. The van der Waals surface area contributed by atoms with Crippen molar-refractivity contribution >= 4 is 29.4 Å². The lowest BCUT2D eigenvalue weighted by Crippen LogP contribution is -2.22. The van der Waals surface area contributed by atoms with Crippen LogP contribution in [-0.2, 0) is 4.79 Å². The van der Waals surface area contributed by atoms with E-state index in [1.807, 2.05) is 24.3 Å². The van der Waals surface area contributed by atoms with E-state index in [9.17, 15) is 4.79 Å². The molecule has 0 atom stereocenters. The van der Waals surface area contributed by atoms with Crippen LogP contribution in [0.15, 0.2) is 30.3 Å². The molecule has 0 radical (unpaired) electrons. The molecule has 3 N–H and O–H groups in total. The van der Waals surface area contributed by atoms with Gasteiger partial charge in [-0.2, -0.15) is 11.8 Å². The maximum Gasteiger partial charge on any atom is 0.243 e. The molecular weight excluding hydrogens is 232 g/mol. The number of anilines is 1. The van der Waals surface area contributed by atoms with Gasteiger partial charge in [-0.15, -0.1) is 0 Å². The molecule has 0 spiro atoms. The van der Waals surface area contributed by atoms with E-state index in [2.05, 4.69) is 11.6 Å². The first kappa shape index (κ1) is 13.6. The summed E-state index contributed by atoms with van der Waals surface area (Å²) < 4.78 is 0. The summed E-state index contributed by atoms with van der Waals surface area (Å²) in [6, 6.07) is 7.39. The maximum absolute atomic E-state index is 11.4. The van der Waals surface area contributed by atoms with Crippen molar-refractivity contribution in [1.29, 1.82) is 0 Å². The van der Waals surface area contributed by atoms with Gasteiger partial charge in [-0.3, -0.25) is 4.79 Å². The fourth-order valence-electron chi connectivity index (χ4n) is 1.27. The lowest BCUT2D eigenvalue weighted by Gasteiger charge is -2.00. The van der Waals surface area contributed by atoms with E-state index in [1.165, 1.54) is 0 Å². The molecule has 0 unspecified atom stereocenters. The van der Waals surface area contributed by atoms with E-state index < -0.39 is 0 Å². The van der Waals surface area contributed by atoms with Crippen molar-refractivity contribution in [3.8, 4) is 0 Å². The van der Waals surface area contributed by atoms with Gasteiger partial charge in [0.25, 0.3) is 0 Å². The van der Waals surface area contributed by atoms with E-state index in [1.54, 1.807) is 23.9 Å². The summed E-state index contributed by atoms with van der Waals surface area (Å²) in [5.74, 6) is 1.02. The highest BCUT2D eigenvalue weighted by Crippen LogP contribution is 2.06. The van der Waals surface area contributed by atoms with Crippen molar-refractivity contribution in [1.82, 2.24) is 5.32 Å². The Hall–Kier alpha value is -1.42. The summed E-state index contributed by atoms with van der Waals surface area (Å²) in [5, 5.41) is 2.84. The lowest BCUT2D eigenvalue weighted by molar-refractivity contribution is -0.116. The topological polar surface area (TPSA) is 55.1 Å². The zero-order valence-electron chi connectivity index (χ0n) is 9.98. The molecule has 1 amide bonds. The van der Waals surface area contributed by atoms with Gasteiger partial charge in [-0.1, -0.05) is 12.1 Å². The fourth-order valence-corrected chi connectivity index (χ4v) is 1.70. The van der Waals surface area contributed by atoms with Gasteiger partial charge in [0.2, 0.25) is 5.91 Å². The summed E-state index contributed by atoms with van der Waals surface area (Å²) in [5.41, 5.74) is 7.27. The first-order valence-electron chi connectivity index (χ1n) is 5.53. The minimum absolute atomic E-state index is 0.0528. The number of rotatable bonds is 6. The van der Waals surface area contributed by atoms with Gasteiger partial charge >= 0.3 is 0 Å². The van der Waals surface area contributed by atoms with Gasteiger partial charge in [0.1, 0.15) is 0 Å². The molecular formula is C13H18N2OS. The molecule has 0 aromatic heterocycles. The zero-order chi connectivity index (χ0) is 12.5. The number of carbonyl (C=O) groups excluding carboxylic acids is 1. The normalized spacial score (nSPS) is 10.6. The molecule has 0 aliphatic heterocycles. The van der Waals surface area contributed by atoms with Crippen molar-refractivity contribution in [3.63, 3.8) is 0 Å². The third kappa shape index (κ3) is 6.02. The minimum Gasteiger partial charge on any atom is -0.399 e. The highest BCUT2D eigenvalue weighted by molar-refractivity contribution is 7.98. The third-order valence-electron chi connectivity index (χ3n) is 2.19. The first-order chi connectivity index (χ1) is 8.22. The van der Waals surface area contributed by atoms with Gasteiger partial charge < -0.3 is 11.1 Å². The van der Waals surface area contributed by atoms with Crippen LogP contribution < -0.4 is 11.1 Å². The predicted molar refractivity (Wildman–Crippen MR) is 75.9 cm³/mol. The van der Waals surface area contributed by atoms with Crippen molar-refractivity contribution in [2.24, 2.45) is 0 Å². The molecule has 1 rings (SSSR count). The Kier molecular flexibility index (Phi) is 6.25. The zero-order valence-corrected chi connectivity index (χ0v) is 10.8. The smallest absolute Gasteiger partial charge is 0.243 e. The van der Waals surface area contributed by atoms with Gasteiger partial charge in [0.05, 0.1) is 0 Å². The van der Waals surface area contributed by atoms with Crippen LogP contribution in [0.1, 0.15) is 12.0 Å². The summed E-state index contributed by atoms with van der Waals surface area (Å²) in [7, 11) is 0. The second-order valence-electron chi connectivity index (χ2n) is 3.64. The second kappa shape index (κ2) is 7.79. The standard InChI is InChI=1S/C13H18N2OS/c1-17-10-2-9-15-13(16)8-5-11-3-6-12(14)7-4-11/h3-8H,2,9-10,14H2,1H3,(H,15,16)/b8-5+. The number of hydrogen-bond acceptors (Lipinski definition) is 3. The average molecular weight is 250 g/mol. The Balaban J connectivity index is 2.32. The number of nitrogens with one attached hydrogen (secondary N) is 1. The van der Waals surface area contributed by atoms with E-state index in [4.69, 9.17) is 5.73 Å². The van der Waals surface area contributed by atoms with Crippen molar-refractivity contribution in [2.75, 3.05) is 24.3 Å². The highest BCUT2D eigenvalue weighted by Gasteiger charge is 1.94. The van der Waals surface area contributed by atoms with E-state index in [-0.39, 0.29) is 5.91 Å². The largest absolute Gasteiger partial charge is 0.399 e. The Morgan fingerprint density at radius 2 is 2.12 bits per heavy atom. The van der Waals surface area contributed by atoms with E-state index in [0.29, 0.717) is 0 Å². The molecule has 0 heterocycles. The molecule has 4 heteroatoms. The van der Waals surface area contributed by atoms with Crippen LogP contribution in [0.4, 0.5) is 5.69 Å². The maximum atomic E-state index is 11.4. The fraction of sp³-hybridized carbons (Fsp3) is 0.308. The Labute approximate surface area is 106 Å². The molecule has 0 saturated carbocycles. The molecule has 3 nitrogen and oxygen atoms in total. The second-order valence-corrected chi connectivity index (χ2v) is 4.62. The molecule has 0 saturated heterocycles. The van der Waals surface area contributed by atoms with Crippen molar-refractivity contribution < 1.29 is 4.79 Å². The quantitative estimate of drug-likeness (QED) is 0.462. The first-order valence-corrected chi connectivity index (χ1v) is 6.92. The Morgan fingerprint density at radius 3 is 2.76 bits per heavy atom. The van der Waals surface area contributed by atoms with Crippen LogP contribution in [0.2, 0.25) is 0 Å². The summed E-state index contributed by atoms with van der Waals surface area (Å²) >= 11 is 1.78. The molecule has 1 aromatic rings. The number of thioether (sulfide) groups is 1. The van der Waals surface area contributed by atoms with Crippen molar-refractivity contribution in [3.05, 3.63) is 35.9 Å². The summed E-state index contributed by atoms with van der Waals surface area (Å²) in [6.07, 6.45) is 6.39. The monoisotopic (exact) mass is 250 g/mol. The minimum atomic E-state index is -0.0528. The van der Waals surface area contributed by atoms with Crippen molar-refractivity contribution in [2.45, 2.75) is 6.42 Å². The molecule has 17 heavy (non-hydrogen) atoms. The van der Waals surface area contributed by atoms with E-state index in [0.717, 1.165) is 30.0 Å². The SMILES string of the molecule is CSCCCNC(=O)/C=C/c1ccc(N)cc1. The summed E-state index contributed by atoms with van der Waals surface area (Å²) in [6.45, 7) is 0.728. The average Bonchev–Trinajstić information content (AvgIpc) is 2.34. The Bertz CT molecular complexity index is 374. The van der Waals surface area contributed by atoms with Gasteiger partial charge in [-0.05, 0) is 42.2 Å². The highest BCUT2D eigenvalue weighted by atomic mass is 32.2. The summed E-state index contributed by atoms with van der Waals surface area (Å²) in [4.78, 5) is 11.4. The molecule has 0 aliphatic carbocycles. The molecule has 92 valence electrons. The van der Waals surface area contributed by atoms with Crippen LogP contribution in [0.25, 0.3) is 6.08 Å². The lowest BCUT2D eigenvalue weighted by atomic mass is 10.2. The number of benzene rings is 1. The number of nitrogens with two attached hydrogens (primary N) is 1. The number of hydrogen-bond donors (Lipinski definition) is 2. The molecule has 1 aromatic carbocycles. The van der Waals surface area contributed by atoms with Gasteiger partial charge in [-0.25, -0.2) is 0 Å². The number of carbonyl (C=O) groups is 1.